The number of carbonyl (C=O) groups is 1. The number of benzene rings is 1. The van der Waals surface area contributed by atoms with Gasteiger partial charge in [-0.1, -0.05) is 18.2 Å². The number of para-hydroxylation sites is 1. The predicted octanol–water partition coefficient (Wildman–Crippen LogP) is 2.29. The molecule has 2 amide bonds. The van der Waals surface area contributed by atoms with Crippen molar-refractivity contribution in [1.82, 2.24) is 25.5 Å². The van der Waals surface area contributed by atoms with Gasteiger partial charge in [-0.15, -0.1) is 0 Å². The van der Waals surface area contributed by atoms with Gasteiger partial charge in [-0.3, -0.25) is 0 Å². The second-order valence-electron chi connectivity index (χ2n) is 7.74. The van der Waals surface area contributed by atoms with Crippen molar-refractivity contribution in [2.24, 2.45) is 0 Å². The lowest BCUT2D eigenvalue weighted by Gasteiger charge is -2.33. The maximum Gasteiger partial charge on any atom is 0.315 e. The van der Waals surface area contributed by atoms with E-state index in [-0.39, 0.29) is 6.03 Å². The van der Waals surface area contributed by atoms with E-state index in [2.05, 4.69) is 48.8 Å². The Hall–Kier alpha value is -3.39. The number of carbonyl (C=O) groups excluding carboxylic acids is 1. The number of hydrogen-bond donors (Lipinski definition) is 3. The van der Waals surface area contributed by atoms with Crippen molar-refractivity contribution in [3.8, 4) is 0 Å². The Balaban J connectivity index is 1.18. The molecule has 0 aliphatic carbocycles. The second kappa shape index (κ2) is 10.1. The number of pyridine rings is 2. The molecule has 1 saturated heterocycles. The molecule has 1 aliphatic rings. The summed E-state index contributed by atoms with van der Waals surface area (Å²) in [7, 11) is 2.14. The number of nitrogens with one attached hydrogen (secondary N) is 3. The zero-order chi connectivity index (χ0) is 21.5. The number of rotatable bonds is 7. The lowest BCUT2D eigenvalue weighted by molar-refractivity contribution is 0.241. The Labute approximate surface area is 182 Å². The fraction of sp³-hybridized carbons (Fsp3) is 0.348. The van der Waals surface area contributed by atoms with Gasteiger partial charge in [0.05, 0.1) is 5.52 Å². The van der Waals surface area contributed by atoms with Crippen LogP contribution in [-0.4, -0.2) is 67.2 Å². The minimum Gasteiger partial charge on any atom is -0.368 e. The van der Waals surface area contributed by atoms with Crippen molar-refractivity contribution in [2.75, 3.05) is 56.5 Å². The molecule has 3 heterocycles. The summed E-state index contributed by atoms with van der Waals surface area (Å²) in [5, 5.41) is 10.1. The standard InChI is InChI=1S/C23H29N7O/c1-29-12-14-30(15-13-29)22-16-18(8-9-25-22)17-27-23(31)26-11-10-24-21-7-6-19-4-2-3-5-20(19)28-21/h2-9,16H,10-15,17H2,1H3,(H,24,28)(H2,26,27,31). The summed E-state index contributed by atoms with van der Waals surface area (Å²) in [6.45, 7) is 5.59. The van der Waals surface area contributed by atoms with Crippen molar-refractivity contribution >= 4 is 28.6 Å². The quantitative estimate of drug-likeness (QED) is 0.510. The highest BCUT2D eigenvalue weighted by molar-refractivity contribution is 5.80. The average Bonchev–Trinajstić information content (AvgIpc) is 2.81. The van der Waals surface area contributed by atoms with Gasteiger partial charge in [0.25, 0.3) is 0 Å². The molecule has 1 aromatic carbocycles. The van der Waals surface area contributed by atoms with E-state index in [1.807, 2.05) is 48.7 Å². The zero-order valence-electron chi connectivity index (χ0n) is 17.8. The molecular weight excluding hydrogens is 390 g/mol. The van der Waals surface area contributed by atoms with Crippen LogP contribution in [0.4, 0.5) is 16.4 Å². The van der Waals surface area contributed by atoms with Gasteiger partial charge in [-0.25, -0.2) is 14.8 Å². The molecule has 0 spiro atoms. The van der Waals surface area contributed by atoms with Crippen LogP contribution in [0.1, 0.15) is 5.56 Å². The highest BCUT2D eigenvalue weighted by Gasteiger charge is 2.15. The number of urea groups is 1. The number of aromatic nitrogens is 2. The Morgan fingerprint density at radius 3 is 2.71 bits per heavy atom. The van der Waals surface area contributed by atoms with Crippen molar-refractivity contribution in [3.05, 3.63) is 60.3 Å². The highest BCUT2D eigenvalue weighted by atomic mass is 16.2. The number of anilines is 2. The summed E-state index contributed by atoms with van der Waals surface area (Å²) < 4.78 is 0. The monoisotopic (exact) mass is 419 g/mol. The first-order valence-electron chi connectivity index (χ1n) is 10.7. The lowest BCUT2D eigenvalue weighted by atomic mass is 10.2. The lowest BCUT2D eigenvalue weighted by Crippen LogP contribution is -2.44. The van der Waals surface area contributed by atoms with E-state index < -0.39 is 0 Å². The zero-order valence-corrected chi connectivity index (χ0v) is 17.8. The minimum absolute atomic E-state index is 0.189. The van der Waals surface area contributed by atoms with Crippen LogP contribution in [0.5, 0.6) is 0 Å². The summed E-state index contributed by atoms with van der Waals surface area (Å²) in [6.07, 6.45) is 1.81. The van der Waals surface area contributed by atoms with Gasteiger partial charge in [0.1, 0.15) is 11.6 Å². The Bertz CT molecular complexity index is 1020. The molecule has 8 heteroatoms. The third-order valence-corrected chi connectivity index (χ3v) is 5.41. The van der Waals surface area contributed by atoms with Crippen LogP contribution in [0.3, 0.4) is 0 Å². The maximum atomic E-state index is 12.1. The van der Waals surface area contributed by atoms with Crippen LogP contribution in [0, 0.1) is 0 Å². The molecule has 1 fully saturated rings. The first-order valence-corrected chi connectivity index (χ1v) is 10.7. The summed E-state index contributed by atoms with van der Waals surface area (Å²) >= 11 is 0. The SMILES string of the molecule is CN1CCN(c2cc(CNC(=O)NCCNc3ccc4ccccc4n3)ccn2)CC1. The Morgan fingerprint density at radius 1 is 1.00 bits per heavy atom. The van der Waals surface area contributed by atoms with Gasteiger partial charge in [-0.05, 0) is 42.9 Å². The predicted molar refractivity (Wildman–Crippen MR) is 124 cm³/mol. The number of fused-ring (bicyclic) bond motifs is 1. The van der Waals surface area contributed by atoms with E-state index >= 15 is 0 Å². The molecule has 8 nitrogen and oxygen atoms in total. The Kier molecular flexibility index (Phi) is 6.78. The second-order valence-corrected chi connectivity index (χ2v) is 7.74. The summed E-state index contributed by atoms with van der Waals surface area (Å²) in [5.41, 5.74) is 1.99. The number of hydrogen-bond acceptors (Lipinski definition) is 6. The first kappa shape index (κ1) is 20.9. The van der Waals surface area contributed by atoms with E-state index in [4.69, 9.17) is 0 Å². The maximum absolute atomic E-state index is 12.1. The third kappa shape index (κ3) is 5.82. The Morgan fingerprint density at radius 2 is 1.84 bits per heavy atom. The topological polar surface area (TPSA) is 85.4 Å². The summed E-state index contributed by atoms with van der Waals surface area (Å²) in [5.74, 6) is 1.77. The van der Waals surface area contributed by atoms with Crippen molar-refractivity contribution in [3.63, 3.8) is 0 Å². The third-order valence-electron chi connectivity index (χ3n) is 5.41. The number of likely N-dealkylation sites (N-methyl/N-ethyl adjacent to an activating group) is 1. The fourth-order valence-electron chi connectivity index (χ4n) is 3.55. The molecule has 3 aromatic rings. The van der Waals surface area contributed by atoms with Crippen molar-refractivity contribution < 1.29 is 4.79 Å². The van der Waals surface area contributed by atoms with Gasteiger partial charge in [0.2, 0.25) is 0 Å². The first-order chi connectivity index (χ1) is 15.2. The number of nitrogens with zero attached hydrogens (tertiary/aromatic N) is 4. The van der Waals surface area contributed by atoms with Gasteiger partial charge < -0.3 is 25.8 Å². The molecule has 1 aliphatic heterocycles. The normalized spacial score (nSPS) is 14.4. The molecule has 0 atom stereocenters. The van der Waals surface area contributed by atoms with Crippen LogP contribution < -0.4 is 20.9 Å². The van der Waals surface area contributed by atoms with E-state index in [0.29, 0.717) is 19.6 Å². The molecular formula is C23H29N7O. The van der Waals surface area contributed by atoms with Crippen LogP contribution in [0.25, 0.3) is 10.9 Å². The smallest absolute Gasteiger partial charge is 0.315 e. The van der Waals surface area contributed by atoms with Gasteiger partial charge >= 0.3 is 6.03 Å². The number of amides is 2. The van der Waals surface area contributed by atoms with Crippen molar-refractivity contribution in [1.29, 1.82) is 0 Å². The van der Waals surface area contributed by atoms with Crippen LogP contribution in [-0.2, 0) is 6.54 Å². The van der Waals surface area contributed by atoms with Crippen molar-refractivity contribution in [2.45, 2.75) is 6.54 Å². The van der Waals surface area contributed by atoms with E-state index in [1.54, 1.807) is 0 Å². The average molecular weight is 420 g/mol. The fourth-order valence-corrected chi connectivity index (χ4v) is 3.55. The van der Waals surface area contributed by atoms with E-state index in [0.717, 1.165) is 54.3 Å². The van der Waals surface area contributed by atoms with Gasteiger partial charge in [0, 0.05) is 57.4 Å². The van der Waals surface area contributed by atoms with Gasteiger partial charge in [-0.2, -0.15) is 0 Å². The molecule has 31 heavy (non-hydrogen) atoms. The largest absolute Gasteiger partial charge is 0.368 e. The molecule has 3 N–H and O–H groups in total. The highest BCUT2D eigenvalue weighted by Crippen LogP contribution is 2.15. The summed E-state index contributed by atoms with van der Waals surface area (Å²) in [6, 6.07) is 15.8. The minimum atomic E-state index is -0.189. The van der Waals surface area contributed by atoms with E-state index in [1.165, 1.54) is 0 Å². The molecule has 2 aromatic heterocycles. The molecule has 0 saturated carbocycles. The molecule has 0 bridgehead atoms. The molecule has 162 valence electrons. The number of piperazine rings is 1. The molecule has 0 unspecified atom stereocenters. The van der Waals surface area contributed by atoms with Crippen LogP contribution in [0.2, 0.25) is 0 Å². The summed E-state index contributed by atoms with van der Waals surface area (Å²) in [4.78, 5) is 25.8. The van der Waals surface area contributed by atoms with Crippen LogP contribution >= 0.6 is 0 Å². The molecule has 4 rings (SSSR count). The van der Waals surface area contributed by atoms with Gasteiger partial charge in [0.15, 0.2) is 0 Å². The molecule has 0 radical (unpaired) electrons. The van der Waals surface area contributed by atoms with E-state index in [9.17, 15) is 4.79 Å². The van der Waals surface area contributed by atoms with Crippen LogP contribution in [0.15, 0.2) is 54.7 Å².